The van der Waals surface area contributed by atoms with Crippen LogP contribution in [0.5, 0.6) is 0 Å². The molecule has 0 heterocycles. The van der Waals surface area contributed by atoms with E-state index in [-0.39, 0.29) is 31.1 Å². The summed E-state index contributed by atoms with van der Waals surface area (Å²) in [4.78, 5) is 37.8. The zero-order valence-corrected chi connectivity index (χ0v) is 39.1. The van der Waals surface area contributed by atoms with E-state index in [1.807, 2.05) is 0 Å². The van der Waals surface area contributed by atoms with Crippen LogP contribution in [0.25, 0.3) is 0 Å². The van der Waals surface area contributed by atoms with Crippen LogP contribution in [0.4, 0.5) is 0 Å². The van der Waals surface area contributed by atoms with Gasteiger partial charge in [-0.3, -0.25) is 14.4 Å². The molecular formula is C51H98O6. The summed E-state index contributed by atoms with van der Waals surface area (Å²) in [6.07, 6.45) is 41.1. The molecule has 0 aromatic carbocycles. The van der Waals surface area contributed by atoms with E-state index in [0.29, 0.717) is 19.3 Å². The summed E-state index contributed by atoms with van der Waals surface area (Å²) >= 11 is 0. The Labute approximate surface area is 355 Å². The van der Waals surface area contributed by atoms with Crippen LogP contribution in [0.2, 0.25) is 0 Å². The van der Waals surface area contributed by atoms with Gasteiger partial charge in [0.05, 0.1) is 0 Å². The molecule has 1 unspecified atom stereocenters. The largest absolute Gasteiger partial charge is 0.462 e. The van der Waals surface area contributed by atoms with Crippen LogP contribution in [0.15, 0.2) is 0 Å². The molecule has 6 nitrogen and oxygen atoms in total. The Kier molecular flexibility index (Phi) is 41.3. The fraction of sp³-hybridized carbons (Fsp3) is 0.941. The van der Waals surface area contributed by atoms with Crippen molar-refractivity contribution < 1.29 is 28.6 Å². The van der Waals surface area contributed by atoms with Gasteiger partial charge in [-0.1, -0.05) is 234 Å². The van der Waals surface area contributed by atoms with E-state index >= 15 is 0 Å². The molecule has 0 aliphatic rings. The summed E-state index contributed by atoms with van der Waals surface area (Å²) in [6, 6.07) is 0. The van der Waals surface area contributed by atoms with Gasteiger partial charge >= 0.3 is 17.9 Å². The number of esters is 3. The van der Waals surface area contributed by atoms with Crippen molar-refractivity contribution in [2.45, 2.75) is 279 Å². The van der Waals surface area contributed by atoms with Crippen molar-refractivity contribution in [3.05, 3.63) is 0 Å². The number of hydrogen-bond acceptors (Lipinski definition) is 6. The quantitative estimate of drug-likeness (QED) is 0.0347. The Balaban J connectivity index is 4.22. The van der Waals surface area contributed by atoms with Crippen LogP contribution in [0.3, 0.4) is 0 Å². The van der Waals surface area contributed by atoms with Gasteiger partial charge in [-0.05, 0) is 37.0 Å². The average molecular weight is 807 g/mol. The number of carbonyl (C=O) groups excluding carboxylic acids is 3. The molecule has 57 heavy (non-hydrogen) atoms. The van der Waals surface area contributed by atoms with Crippen molar-refractivity contribution in [3.63, 3.8) is 0 Å². The maximum absolute atomic E-state index is 12.7. The van der Waals surface area contributed by atoms with Gasteiger partial charge in [0, 0.05) is 19.3 Å². The van der Waals surface area contributed by atoms with E-state index in [2.05, 4.69) is 41.5 Å². The van der Waals surface area contributed by atoms with E-state index in [0.717, 1.165) is 75.5 Å². The number of hydrogen-bond donors (Lipinski definition) is 0. The highest BCUT2D eigenvalue weighted by Gasteiger charge is 2.19. The Morgan fingerprint density at radius 3 is 0.912 bits per heavy atom. The average Bonchev–Trinajstić information content (AvgIpc) is 3.18. The first-order valence-corrected chi connectivity index (χ1v) is 25.1. The lowest BCUT2D eigenvalue weighted by Crippen LogP contribution is -2.30. The zero-order valence-electron chi connectivity index (χ0n) is 39.1. The first-order chi connectivity index (χ1) is 27.6. The van der Waals surface area contributed by atoms with Crippen LogP contribution in [0, 0.1) is 17.8 Å². The van der Waals surface area contributed by atoms with E-state index in [1.54, 1.807) is 0 Å². The van der Waals surface area contributed by atoms with Gasteiger partial charge in [0.15, 0.2) is 6.10 Å². The predicted octanol–water partition coefficient (Wildman–Crippen LogP) is 16.0. The van der Waals surface area contributed by atoms with Crippen molar-refractivity contribution in [1.82, 2.24) is 0 Å². The molecule has 0 saturated carbocycles. The van der Waals surface area contributed by atoms with Crippen molar-refractivity contribution in [2.24, 2.45) is 17.8 Å². The molecule has 0 aliphatic carbocycles. The topological polar surface area (TPSA) is 78.9 Å². The second-order valence-electron chi connectivity index (χ2n) is 18.6. The highest BCUT2D eigenvalue weighted by atomic mass is 16.6. The van der Waals surface area contributed by atoms with E-state index in [4.69, 9.17) is 14.2 Å². The van der Waals surface area contributed by atoms with Crippen molar-refractivity contribution in [3.8, 4) is 0 Å². The molecule has 0 N–H and O–H groups in total. The number of unbranched alkanes of at least 4 members (excludes halogenated alkanes) is 26. The molecule has 0 rings (SSSR count). The smallest absolute Gasteiger partial charge is 0.306 e. The summed E-state index contributed by atoms with van der Waals surface area (Å²) in [5.74, 6) is 1.58. The third-order valence-electron chi connectivity index (χ3n) is 11.8. The minimum Gasteiger partial charge on any atom is -0.462 e. The number of ether oxygens (including phenoxy) is 3. The second-order valence-corrected chi connectivity index (χ2v) is 18.6. The molecule has 0 spiro atoms. The molecule has 2 atom stereocenters. The lowest BCUT2D eigenvalue weighted by Gasteiger charge is -2.18. The first kappa shape index (κ1) is 55.4. The monoisotopic (exact) mass is 807 g/mol. The molecule has 0 aliphatic heterocycles. The Morgan fingerprint density at radius 1 is 0.351 bits per heavy atom. The Morgan fingerprint density at radius 2 is 0.614 bits per heavy atom. The number of rotatable bonds is 44. The third-order valence-corrected chi connectivity index (χ3v) is 11.8. The maximum Gasteiger partial charge on any atom is 0.306 e. The second kappa shape index (κ2) is 42.5. The molecule has 0 radical (unpaired) electrons. The predicted molar refractivity (Wildman–Crippen MR) is 243 cm³/mol. The lowest BCUT2D eigenvalue weighted by atomic mass is 10.00. The standard InChI is InChI=1S/C51H98O6/c1-7-47(6)39-33-27-23-24-30-36-42-51(54)57-48(44-56-50(53)41-35-29-22-18-20-26-32-38-46(4)5)43-55-49(52)40-34-28-21-17-15-13-11-9-8-10-12-14-16-19-25-31-37-45(2)3/h45-48H,7-44H2,1-6H3/t47?,48-/m1/s1. The molecule has 0 aromatic rings. The normalized spacial score (nSPS) is 12.6. The Bertz CT molecular complexity index is 885. The summed E-state index contributed by atoms with van der Waals surface area (Å²) in [6.45, 7) is 13.6. The van der Waals surface area contributed by atoms with Crippen LogP contribution < -0.4 is 0 Å². The molecule has 0 aromatic heterocycles. The lowest BCUT2D eigenvalue weighted by molar-refractivity contribution is -0.167. The molecule has 0 fully saturated rings. The molecule has 0 amide bonds. The van der Waals surface area contributed by atoms with Crippen LogP contribution in [0.1, 0.15) is 273 Å². The summed E-state index contributed by atoms with van der Waals surface area (Å²) < 4.78 is 16.7. The van der Waals surface area contributed by atoms with Gasteiger partial charge in [0.2, 0.25) is 0 Å². The number of carbonyl (C=O) groups is 3. The van der Waals surface area contributed by atoms with Gasteiger partial charge in [0.1, 0.15) is 13.2 Å². The van der Waals surface area contributed by atoms with Crippen LogP contribution in [-0.4, -0.2) is 37.2 Å². The van der Waals surface area contributed by atoms with Gasteiger partial charge in [0.25, 0.3) is 0 Å². The van der Waals surface area contributed by atoms with E-state index in [1.165, 1.54) is 154 Å². The fourth-order valence-corrected chi connectivity index (χ4v) is 7.55. The summed E-state index contributed by atoms with van der Waals surface area (Å²) in [5.41, 5.74) is 0. The van der Waals surface area contributed by atoms with Gasteiger partial charge in [-0.2, -0.15) is 0 Å². The minimum atomic E-state index is -0.763. The highest BCUT2D eigenvalue weighted by molar-refractivity contribution is 5.71. The van der Waals surface area contributed by atoms with Crippen molar-refractivity contribution in [2.75, 3.05) is 13.2 Å². The molecule has 0 bridgehead atoms. The molecule has 6 heteroatoms. The summed E-state index contributed by atoms with van der Waals surface area (Å²) in [5, 5.41) is 0. The third kappa shape index (κ3) is 43.8. The molecule has 338 valence electrons. The van der Waals surface area contributed by atoms with Gasteiger partial charge in [-0.25, -0.2) is 0 Å². The van der Waals surface area contributed by atoms with E-state index in [9.17, 15) is 14.4 Å². The highest BCUT2D eigenvalue weighted by Crippen LogP contribution is 2.18. The minimum absolute atomic E-state index is 0.0662. The summed E-state index contributed by atoms with van der Waals surface area (Å²) in [7, 11) is 0. The maximum atomic E-state index is 12.7. The van der Waals surface area contributed by atoms with Gasteiger partial charge < -0.3 is 14.2 Å². The molecular weight excluding hydrogens is 709 g/mol. The van der Waals surface area contributed by atoms with Crippen molar-refractivity contribution in [1.29, 1.82) is 0 Å². The van der Waals surface area contributed by atoms with Crippen LogP contribution in [-0.2, 0) is 28.6 Å². The fourth-order valence-electron chi connectivity index (χ4n) is 7.55. The van der Waals surface area contributed by atoms with Crippen LogP contribution >= 0.6 is 0 Å². The molecule has 0 saturated heterocycles. The van der Waals surface area contributed by atoms with Gasteiger partial charge in [-0.15, -0.1) is 0 Å². The Hall–Kier alpha value is -1.59. The van der Waals surface area contributed by atoms with E-state index < -0.39 is 6.10 Å². The van der Waals surface area contributed by atoms with Crippen molar-refractivity contribution >= 4 is 17.9 Å². The first-order valence-electron chi connectivity index (χ1n) is 25.1. The SMILES string of the molecule is CCC(C)CCCCCCCCC(=O)O[C@H](COC(=O)CCCCCCCCCCCCCCCCCCC(C)C)COC(=O)CCCCCCCCCC(C)C. The zero-order chi connectivity index (χ0) is 42.0.